The van der Waals surface area contributed by atoms with Gasteiger partial charge in [-0.15, -0.1) is 0 Å². The van der Waals surface area contributed by atoms with Crippen molar-refractivity contribution >= 4 is 15.9 Å². The number of imidazole rings is 1. The topological polar surface area (TPSA) is 105 Å². The molecule has 0 aliphatic carbocycles. The Bertz CT molecular complexity index is 520. The van der Waals surface area contributed by atoms with Crippen LogP contribution in [0.3, 0.4) is 0 Å². The molecular formula is C10H19N5O2S. The van der Waals surface area contributed by atoms with Crippen LogP contribution in [0.1, 0.15) is 20.3 Å². The lowest BCUT2D eigenvalue weighted by atomic mass is 10.3. The molecule has 0 radical (unpaired) electrons. The van der Waals surface area contributed by atoms with Crippen molar-refractivity contribution in [1.82, 2.24) is 13.9 Å². The van der Waals surface area contributed by atoms with Crippen LogP contribution in [0.15, 0.2) is 17.6 Å². The molecule has 18 heavy (non-hydrogen) atoms. The summed E-state index contributed by atoms with van der Waals surface area (Å²) in [4.78, 5) is 3.87. The van der Waals surface area contributed by atoms with Gasteiger partial charge in [-0.25, -0.2) is 13.4 Å². The smallest absolute Gasteiger partial charge is 0.262 e. The molecule has 0 saturated heterocycles. The second-order valence-electron chi connectivity index (χ2n) is 4.36. The van der Waals surface area contributed by atoms with Crippen LogP contribution in [0.2, 0.25) is 0 Å². The van der Waals surface area contributed by atoms with Crippen LogP contribution in [0.4, 0.5) is 0 Å². The molecule has 0 bridgehead atoms. The molecule has 0 spiro atoms. The quantitative estimate of drug-likeness (QED) is 0.568. The molecule has 1 rings (SSSR count). The maximum absolute atomic E-state index is 12.3. The maximum Gasteiger partial charge on any atom is 0.262 e. The molecule has 0 unspecified atom stereocenters. The fourth-order valence-electron chi connectivity index (χ4n) is 1.53. The molecule has 1 aromatic rings. The van der Waals surface area contributed by atoms with Crippen molar-refractivity contribution in [2.45, 2.75) is 31.3 Å². The predicted molar refractivity (Wildman–Crippen MR) is 68.8 cm³/mol. The Hall–Kier alpha value is -1.41. The second-order valence-corrected chi connectivity index (χ2v) is 6.20. The largest absolute Gasteiger partial charge is 0.388 e. The molecule has 3 N–H and O–H groups in total. The van der Waals surface area contributed by atoms with E-state index in [4.69, 9.17) is 11.1 Å². The lowest BCUT2D eigenvalue weighted by Gasteiger charge is -2.24. The number of aromatic nitrogens is 2. The average Bonchev–Trinajstić information content (AvgIpc) is 2.64. The van der Waals surface area contributed by atoms with Crippen molar-refractivity contribution in [2.24, 2.45) is 12.8 Å². The van der Waals surface area contributed by atoms with Gasteiger partial charge in [-0.3, -0.25) is 5.41 Å². The second kappa shape index (κ2) is 5.49. The van der Waals surface area contributed by atoms with Gasteiger partial charge in [0, 0.05) is 32.3 Å². The molecule has 0 atom stereocenters. The Morgan fingerprint density at radius 2 is 2.22 bits per heavy atom. The first kappa shape index (κ1) is 14.7. The van der Waals surface area contributed by atoms with Crippen LogP contribution < -0.4 is 5.73 Å². The predicted octanol–water partition coefficient (Wildman–Crippen LogP) is 0.145. The minimum atomic E-state index is -3.63. The van der Waals surface area contributed by atoms with Gasteiger partial charge in [0.25, 0.3) is 10.0 Å². The molecule has 0 amide bonds. The third kappa shape index (κ3) is 3.30. The molecule has 0 aliphatic heterocycles. The van der Waals surface area contributed by atoms with Crippen LogP contribution in [-0.4, -0.2) is 40.7 Å². The van der Waals surface area contributed by atoms with Gasteiger partial charge in [-0.2, -0.15) is 4.31 Å². The first-order valence-corrected chi connectivity index (χ1v) is 7.02. The zero-order chi connectivity index (χ0) is 13.9. The number of nitrogens with two attached hydrogens (primary N) is 1. The zero-order valence-electron chi connectivity index (χ0n) is 10.8. The van der Waals surface area contributed by atoms with Gasteiger partial charge in [0.15, 0.2) is 5.03 Å². The molecule has 1 heterocycles. The SMILES string of the molecule is CC(C)N(CCC(=N)N)S(=O)(=O)c1cn(C)cn1. The number of hydrogen-bond acceptors (Lipinski definition) is 4. The highest BCUT2D eigenvalue weighted by Gasteiger charge is 2.28. The average molecular weight is 273 g/mol. The van der Waals surface area contributed by atoms with Gasteiger partial charge in [0.1, 0.15) is 0 Å². The van der Waals surface area contributed by atoms with Crippen LogP contribution >= 0.6 is 0 Å². The van der Waals surface area contributed by atoms with Crippen molar-refractivity contribution in [3.63, 3.8) is 0 Å². The van der Waals surface area contributed by atoms with E-state index in [1.807, 2.05) is 0 Å². The Kier molecular flexibility index (Phi) is 4.47. The van der Waals surface area contributed by atoms with E-state index in [2.05, 4.69) is 4.98 Å². The van der Waals surface area contributed by atoms with Gasteiger partial charge < -0.3 is 10.3 Å². The normalized spacial score (nSPS) is 12.3. The molecule has 102 valence electrons. The van der Waals surface area contributed by atoms with E-state index in [1.165, 1.54) is 16.8 Å². The van der Waals surface area contributed by atoms with Crippen molar-refractivity contribution in [3.05, 3.63) is 12.5 Å². The van der Waals surface area contributed by atoms with Gasteiger partial charge >= 0.3 is 0 Å². The Labute approximate surface area is 107 Å². The van der Waals surface area contributed by atoms with E-state index in [0.717, 1.165) is 0 Å². The third-order valence-corrected chi connectivity index (χ3v) is 4.39. The highest BCUT2D eigenvalue weighted by Crippen LogP contribution is 2.16. The molecular weight excluding hydrogens is 254 g/mol. The number of nitrogens with zero attached hydrogens (tertiary/aromatic N) is 3. The van der Waals surface area contributed by atoms with Gasteiger partial charge in [-0.05, 0) is 13.8 Å². The molecule has 0 fully saturated rings. The molecule has 0 aromatic carbocycles. The third-order valence-electron chi connectivity index (χ3n) is 2.43. The van der Waals surface area contributed by atoms with Crippen LogP contribution in [0, 0.1) is 5.41 Å². The van der Waals surface area contributed by atoms with Crippen LogP contribution in [0.5, 0.6) is 0 Å². The van der Waals surface area contributed by atoms with Gasteiger partial charge in [0.2, 0.25) is 0 Å². The summed E-state index contributed by atoms with van der Waals surface area (Å²) in [5, 5.41) is 7.19. The number of amidine groups is 1. The summed E-state index contributed by atoms with van der Waals surface area (Å²) in [6.45, 7) is 3.74. The van der Waals surface area contributed by atoms with Gasteiger partial charge in [0.05, 0.1) is 12.2 Å². The van der Waals surface area contributed by atoms with Crippen molar-refractivity contribution in [2.75, 3.05) is 6.54 Å². The molecule has 1 aromatic heterocycles. The van der Waals surface area contributed by atoms with Crippen LogP contribution in [0.25, 0.3) is 0 Å². The van der Waals surface area contributed by atoms with Crippen LogP contribution in [-0.2, 0) is 17.1 Å². The van der Waals surface area contributed by atoms with E-state index in [1.54, 1.807) is 25.5 Å². The lowest BCUT2D eigenvalue weighted by molar-refractivity contribution is 0.360. The summed E-state index contributed by atoms with van der Waals surface area (Å²) < 4.78 is 27.6. The monoisotopic (exact) mass is 273 g/mol. The maximum atomic E-state index is 12.3. The molecule has 7 nitrogen and oxygen atoms in total. The lowest BCUT2D eigenvalue weighted by Crippen LogP contribution is -2.39. The highest BCUT2D eigenvalue weighted by atomic mass is 32.2. The van der Waals surface area contributed by atoms with Crippen molar-refractivity contribution in [3.8, 4) is 0 Å². The number of aryl methyl sites for hydroxylation is 1. The number of sulfonamides is 1. The summed E-state index contributed by atoms with van der Waals surface area (Å²) in [7, 11) is -1.92. The van der Waals surface area contributed by atoms with E-state index >= 15 is 0 Å². The van der Waals surface area contributed by atoms with Gasteiger partial charge in [-0.1, -0.05) is 0 Å². The zero-order valence-corrected chi connectivity index (χ0v) is 11.6. The first-order valence-electron chi connectivity index (χ1n) is 5.58. The standard InChI is InChI=1S/C10H19N5O2S/c1-8(2)15(5-4-9(11)12)18(16,17)10-6-14(3)7-13-10/h6-8H,4-5H2,1-3H3,(H3,11,12). The Balaban J connectivity index is 3.01. The van der Waals surface area contributed by atoms with E-state index in [-0.39, 0.29) is 29.9 Å². The van der Waals surface area contributed by atoms with Crippen molar-refractivity contribution < 1.29 is 8.42 Å². The van der Waals surface area contributed by atoms with E-state index < -0.39 is 10.0 Å². The Morgan fingerprint density at radius 1 is 1.61 bits per heavy atom. The number of nitrogens with one attached hydrogen (secondary N) is 1. The fraction of sp³-hybridized carbons (Fsp3) is 0.600. The number of rotatable bonds is 6. The summed E-state index contributed by atoms with van der Waals surface area (Å²) in [6.07, 6.45) is 3.11. The van der Waals surface area contributed by atoms with E-state index in [9.17, 15) is 8.42 Å². The molecule has 0 aliphatic rings. The minimum absolute atomic E-state index is 0.0160. The summed E-state index contributed by atoms with van der Waals surface area (Å²) in [6, 6.07) is -0.212. The van der Waals surface area contributed by atoms with Crippen molar-refractivity contribution in [1.29, 1.82) is 5.41 Å². The summed E-state index contributed by atoms with van der Waals surface area (Å²) in [5.41, 5.74) is 5.27. The fourth-order valence-corrected chi connectivity index (χ4v) is 3.14. The highest BCUT2D eigenvalue weighted by molar-refractivity contribution is 7.89. The Morgan fingerprint density at radius 3 is 2.61 bits per heavy atom. The first-order chi connectivity index (χ1) is 8.25. The summed E-state index contributed by atoms with van der Waals surface area (Å²) in [5.74, 6) is -0.0307. The molecule has 8 heteroatoms. The minimum Gasteiger partial charge on any atom is -0.388 e. The number of hydrogen-bond donors (Lipinski definition) is 2. The van der Waals surface area contributed by atoms with E-state index in [0.29, 0.717) is 0 Å². The summed E-state index contributed by atoms with van der Waals surface area (Å²) >= 11 is 0. The molecule has 0 saturated carbocycles.